The molecule has 116 valence electrons. The summed E-state index contributed by atoms with van der Waals surface area (Å²) in [6.07, 6.45) is 3.85. The Labute approximate surface area is 127 Å². The average Bonchev–Trinajstić information content (AvgIpc) is 3.23. The van der Waals surface area contributed by atoms with Gasteiger partial charge in [0, 0.05) is 26.2 Å². The second kappa shape index (κ2) is 5.57. The highest BCUT2D eigenvalue weighted by Gasteiger charge is 2.34. The molecule has 0 saturated carbocycles. The summed E-state index contributed by atoms with van der Waals surface area (Å²) in [6.45, 7) is 3.90. The first-order valence-electron chi connectivity index (χ1n) is 7.67. The third-order valence-electron chi connectivity index (χ3n) is 4.31. The fraction of sp³-hybridized carbons (Fsp3) is 0.533. The van der Waals surface area contributed by atoms with Crippen LogP contribution in [-0.4, -0.2) is 58.6 Å². The maximum atomic E-state index is 12.1. The smallest absolute Gasteiger partial charge is 0.238 e. The van der Waals surface area contributed by atoms with Crippen LogP contribution in [0.15, 0.2) is 27.3 Å². The predicted octanol–water partition coefficient (Wildman–Crippen LogP) is 1.35. The van der Waals surface area contributed by atoms with E-state index in [9.17, 15) is 4.79 Å². The minimum atomic E-state index is 0.211. The maximum Gasteiger partial charge on any atom is 0.238 e. The van der Waals surface area contributed by atoms with Crippen molar-refractivity contribution in [2.75, 3.05) is 32.7 Å². The van der Waals surface area contributed by atoms with Crippen LogP contribution in [0.2, 0.25) is 0 Å². The van der Waals surface area contributed by atoms with Gasteiger partial charge in [-0.3, -0.25) is 9.69 Å². The molecule has 2 aromatic rings. The lowest BCUT2D eigenvalue weighted by atomic mass is 10.0. The zero-order chi connectivity index (χ0) is 14.9. The number of hydrogen-bond donors (Lipinski definition) is 0. The third-order valence-corrected chi connectivity index (χ3v) is 4.31. The second-order valence-electron chi connectivity index (χ2n) is 5.91. The number of rotatable bonds is 4. The SMILES string of the molecule is O=C(CN1CC(c2nc(-c3ccco3)no2)C1)N1CCCC1. The van der Waals surface area contributed by atoms with Crippen molar-refractivity contribution in [2.24, 2.45) is 0 Å². The van der Waals surface area contributed by atoms with Crippen molar-refractivity contribution in [1.29, 1.82) is 0 Å². The van der Waals surface area contributed by atoms with Crippen LogP contribution < -0.4 is 0 Å². The molecule has 4 rings (SSSR count). The van der Waals surface area contributed by atoms with Crippen LogP contribution >= 0.6 is 0 Å². The Morgan fingerprint density at radius 2 is 2.14 bits per heavy atom. The number of aromatic nitrogens is 2. The van der Waals surface area contributed by atoms with E-state index in [1.54, 1.807) is 18.4 Å². The van der Waals surface area contributed by atoms with Gasteiger partial charge in [-0.15, -0.1) is 0 Å². The van der Waals surface area contributed by atoms with Gasteiger partial charge in [0.25, 0.3) is 0 Å². The van der Waals surface area contributed by atoms with Crippen LogP contribution in [-0.2, 0) is 4.79 Å². The molecule has 7 nitrogen and oxygen atoms in total. The lowest BCUT2D eigenvalue weighted by Gasteiger charge is -2.37. The van der Waals surface area contributed by atoms with Crippen molar-refractivity contribution < 1.29 is 13.7 Å². The second-order valence-corrected chi connectivity index (χ2v) is 5.91. The van der Waals surface area contributed by atoms with E-state index in [1.807, 2.05) is 4.90 Å². The lowest BCUT2D eigenvalue weighted by molar-refractivity contribution is -0.132. The molecule has 0 N–H and O–H groups in total. The van der Waals surface area contributed by atoms with E-state index >= 15 is 0 Å². The molecular weight excluding hydrogens is 284 g/mol. The van der Waals surface area contributed by atoms with Gasteiger partial charge in [0.1, 0.15) is 0 Å². The van der Waals surface area contributed by atoms with Gasteiger partial charge < -0.3 is 13.8 Å². The van der Waals surface area contributed by atoms with Crippen molar-refractivity contribution in [1.82, 2.24) is 19.9 Å². The number of likely N-dealkylation sites (tertiary alicyclic amines) is 2. The van der Waals surface area contributed by atoms with Crippen molar-refractivity contribution >= 4 is 5.91 Å². The van der Waals surface area contributed by atoms with Gasteiger partial charge in [-0.05, 0) is 25.0 Å². The largest absolute Gasteiger partial charge is 0.461 e. The predicted molar refractivity (Wildman–Crippen MR) is 77.0 cm³/mol. The fourth-order valence-corrected chi connectivity index (χ4v) is 3.02. The number of amides is 1. The highest BCUT2D eigenvalue weighted by Crippen LogP contribution is 2.27. The van der Waals surface area contributed by atoms with Gasteiger partial charge in [0.05, 0.1) is 18.7 Å². The van der Waals surface area contributed by atoms with Crippen LogP contribution in [0.25, 0.3) is 11.6 Å². The molecule has 2 aliphatic rings. The summed E-state index contributed by atoms with van der Waals surface area (Å²) in [5.41, 5.74) is 0. The minimum absolute atomic E-state index is 0.211. The number of furan rings is 1. The van der Waals surface area contributed by atoms with E-state index in [0.717, 1.165) is 39.0 Å². The summed E-state index contributed by atoms with van der Waals surface area (Å²) in [4.78, 5) is 20.5. The summed E-state index contributed by atoms with van der Waals surface area (Å²) < 4.78 is 10.6. The molecule has 2 saturated heterocycles. The van der Waals surface area contributed by atoms with E-state index in [0.29, 0.717) is 24.0 Å². The monoisotopic (exact) mass is 302 g/mol. The summed E-state index contributed by atoms with van der Waals surface area (Å²) in [5, 5.41) is 3.94. The van der Waals surface area contributed by atoms with Crippen LogP contribution in [0, 0.1) is 0 Å². The standard InChI is InChI=1S/C15H18N4O3/c20-13(19-5-1-2-6-19)10-18-8-11(9-18)15-16-14(17-22-15)12-4-3-7-21-12/h3-4,7,11H,1-2,5-6,8-10H2. The van der Waals surface area contributed by atoms with Gasteiger partial charge in [-0.1, -0.05) is 5.16 Å². The fourth-order valence-electron chi connectivity index (χ4n) is 3.02. The molecule has 7 heteroatoms. The molecule has 2 aliphatic heterocycles. The van der Waals surface area contributed by atoms with Gasteiger partial charge in [-0.25, -0.2) is 0 Å². The molecule has 0 aliphatic carbocycles. The van der Waals surface area contributed by atoms with Gasteiger partial charge in [-0.2, -0.15) is 4.98 Å². The molecule has 0 bridgehead atoms. The Morgan fingerprint density at radius 3 is 2.86 bits per heavy atom. The molecule has 2 aromatic heterocycles. The number of carbonyl (C=O) groups is 1. The molecule has 1 amide bonds. The molecule has 0 unspecified atom stereocenters. The summed E-state index contributed by atoms with van der Waals surface area (Å²) in [7, 11) is 0. The van der Waals surface area contributed by atoms with E-state index in [1.165, 1.54) is 0 Å². The number of nitrogens with zero attached hydrogens (tertiary/aromatic N) is 4. The molecule has 4 heterocycles. The highest BCUT2D eigenvalue weighted by atomic mass is 16.5. The molecule has 0 aromatic carbocycles. The number of hydrogen-bond acceptors (Lipinski definition) is 6. The first-order valence-corrected chi connectivity index (χ1v) is 7.67. The Bertz CT molecular complexity index is 640. The van der Waals surface area contributed by atoms with Gasteiger partial charge in [0.15, 0.2) is 5.76 Å². The van der Waals surface area contributed by atoms with E-state index < -0.39 is 0 Å². The third kappa shape index (κ3) is 2.52. The van der Waals surface area contributed by atoms with E-state index in [-0.39, 0.29) is 11.8 Å². The maximum absolute atomic E-state index is 12.1. The molecule has 0 radical (unpaired) electrons. The summed E-state index contributed by atoms with van der Waals surface area (Å²) in [5.74, 6) is 2.15. The Morgan fingerprint density at radius 1 is 1.32 bits per heavy atom. The molecule has 2 fully saturated rings. The lowest BCUT2D eigenvalue weighted by Crippen LogP contribution is -2.50. The van der Waals surface area contributed by atoms with Crippen molar-refractivity contribution in [2.45, 2.75) is 18.8 Å². The molecular formula is C15H18N4O3. The number of carbonyl (C=O) groups excluding carboxylic acids is 1. The zero-order valence-corrected chi connectivity index (χ0v) is 12.3. The first kappa shape index (κ1) is 13.5. The van der Waals surface area contributed by atoms with Crippen LogP contribution in [0.5, 0.6) is 0 Å². The van der Waals surface area contributed by atoms with E-state index in [4.69, 9.17) is 8.94 Å². The normalized spacial score (nSPS) is 19.5. The topological polar surface area (TPSA) is 75.6 Å². The molecule has 0 atom stereocenters. The Balaban J connectivity index is 1.31. The van der Waals surface area contributed by atoms with Crippen molar-refractivity contribution in [3.63, 3.8) is 0 Å². The van der Waals surface area contributed by atoms with Gasteiger partial charge in [0.2, 0.25) is 17.6 Å². The van der Waals surface area contributed by atoms with Crippen molar-refractivity contribution in [3.8, 4) is 11.6 Å². The summed E-state index contributed by atoms with van der Waals surface area (Å²) in [6, 6.07) is 3.59. The van der Waals surface area contributed by atoms with Crippen molar-refractivity contribution in [3.05, 3.63) is 24.3 Å². The Hall–Kier alpha value is -2.15. The van der Waals surface area contributed by atoms with Crippen LogP contribution in [0.1, 0.15) is 24.7 Å². The zero-order valence-electron chi connectivity index (χ0n) is 12.3. The average molecular weight is 302 g/mol. The first-order chi connectivity index (χ1) is 10.8. The van der Waals surface area contributed by atoms with E-state index in [2.05, 4.69) is 15.0 Å². The van der Waals surface area contributed by atoms with Crippen LogP contribution in [0.4, 0.5) is 0 Å². The van der Waals surface area contributed by atoms with Crippen LogP contribution in [0.3, 0.4) is 0 Å². The highest BCUT2D eigenvalue weighted by molar-refractivity contribution is 5.78. The minimum Gasteiger partial charge on any atom is -0.461 e. The quantitative estimate of drug-likeness (QED) is 0.848. The van der Waals surface area contributed by atoms with Gasteiger partial charge >= 0.3 is 0 Å². The Kier molecular flexibility index (Phi) is 3.42. The summed E-state index contributed by atoms with van der Waals surface area (Å²) >= 11 is 0. The molecule has 0 spiro atoms. The molecule has 22 heavy (non-hydrogen) atoms.